The average Bonchev–Trinajstić information content (AvgIpc) is 2.09. The molecule has 12 heavy (non-hydrogen) atoms. The monoisotopic (exact) mass is 159 g/mol. The number of benzene rings is 1. The lowest BCUT2D eigenvalue weighted by atomic mass is 9.98. The van der Waals surface area contributed by atoms with E-state index in [0.717, 1.165) is 11.1 Å². The minimum Gasteiger partial charge on any atom is -0.308 e. The lowest BCUT2D eigenvalue weighted by Crippen LogP contribution is -1.93. The molecular weight excluding hydrogens is 146 g/mol. The van der Waals surface area contributed by atoms with Crippen molar-refractivity contribution >= 4 is 12.3 Å². The fraction of sp³-hybridized carbons (Fsp3) is 0.182. The molecule has 0 spiro atoms. The van der Waals surface area contributed by atoms with E-state index in [1.807, 2.05) is 13.0 Å². The lowest BCUT2D eigenvalue weighted by molar-refractivity contribution is 1.31. The van der Waals surface area contributed by atoms with Crippen LogP contribution in [0.15, 0.2) is 18.7 Å². The Hall–Kier alpha value is -1.37. The van der Waals surface area contributed by atoms with Crippen LogP contribution >= 0.6 is 0 Å². The number of hydrogen-bond acceptors (Lipinski definition) is 1. The van der Waals surface area contributed by atoms with Gasteiger partial charge in [0.25, 0.3) is 0 Å². The van der Waals surface area contributed by atoms with Gasteiger partial charge in [-0.3, -0.25) is 0 Å². The molecule has 0 amide bonds. The van der Waals surface area contributed by atoms with Gasteiger partial charge in [-0.05, 0) is 30.5 Å². The Bertz CT molecular complexity index is 324. The molecule has 62 valence electrons. The van der Waals surface area contributed by atoms with Gasteiger partial charge in [0.15, 0.2) is 0 Å². The molecule has 0 aromatic heterocycles. The molecule has 0 radical (unpaired) electrons. The van der Waals surface area contributed by atoms with Crippen LogP contribution < -0.4 is 0 Å². The molecule has 0 aliphatic rings. The summed E-state index contributed by atoms with van der Waals surface area (Å²) in [5, 5.41) is 7.25. The third-order valence-electron chi connectivity index (χ3n) is 2.18. The molecule has 0 atom stereocenters. The normalized spacial score (nSPS) is 9.50. The van der Waals surface area contributed by atoms with Crippen molar-refractivity contribution in [2.45, 2.75) is 13.8 Å². The first-order valence-electron chi connectivity index (χ1n) is 3.93. The summed E-state index contributed by atoms with van der Waals surface area (Å²) in [5.41, 5.74) is 4.40. The van der Waals surface area contributed by atoms with E-state index in [1.165, 1.54) is 17.3 Å². The highest BCUT2D eigenvalue weighted by atomic mass is 14.3. The zero-order chi connectivity index (χ0) is 9.14. The van der Waals surface area contributed by atoms with Gasteiger partial charge in [-0.25, -0.2) is 0 Å². The van der Waals surface area contributed by atoms with Gasteiger partial charge in [0, 0.05) is 11.8 Å². The van der Waals surface area contributed by atoms with Crippen molar-refractivity contribution in [3.8, 4) is 0 Å². The van der Waals surface area contributed by atoms with Crippen molar-refractivity contribution < 1.29 is 0 Å². The molecule has 1 aromatic rings. The van der Waals surface area contributed by atoms with Crippen LogP contribution in [0.5, 0.6) is 0 Å². The first kappa shape index (κ1) is 8.72. The van der Waals surface area contributed by atoms with E-state index in [0.29, 0.717) is 0 Å². The Morgan fingerprint density at radius 2 is 2.00 bits per heavy atom. The number of nitrogens with one attached hydrogen (secondary N) is 1. The number of rotatable bonds is 2. The first-order valence-corrected chi connectivity index (χ1v) is 3.93. The molecule has 0 bridgehead atoms. The smallest absolute Gasteiger partial charge is 0.0259 e. The second-order valence-electron chi connectivity index (χ2n) is 2.86. The molecule has 0 unspecified atom stereocenters. The highest BCUT2D eigenvalue weighted by Gasteiger charge is 2.01. The maximum atomic E-state index is 7.25. The largest absolute Gasteiger partial charge is 0.308 e. The Kier molecular flexibility index (Phi) is 2.44. The van der Waals surface area contributed by atoms with Gasteiger partial charge >= 0.3 is 0 Å². The van der Waals surface area contributed by atoms with Gasteiger partial charge in [-0.1, -0.05) is 24.8 Å². The Balaban J connectivity index is 3.45. The van der Waals surface area contributed by atoms with E-state index in [9.17, 15) is 0 Å². The lowest BCUT2D eigenvalue weighted by Gasteiger charge is -2.06. The van der Waals surface area contributed by atoms with Crippen LogP contribution in [0.4, 0.5) is 0 Å². The summed E-state index contributed by atoms with van der Waals surface area (Å²) < 4.78 is 0. The standard InChI is InChI=1S/C11H13N/c1-4-10-6-5-8(2)9(3)11(10)7-12/h4-7,12H,1H2,2-3H3. The molecule has 0 aliphatic heterocycles. The predicted octanol–water partition coefficient (Wildman–Crippen LogP) is 2.94. The minimum atomic E-state index is 0.977. The van der Waals surface area contributed by atoms with Crippen molar-refractivity contribution in [2.24, 2.45) is 0 Å². The fourth-order valence-electron chi connectivity index (χ4n) is 1.23. The zero-order valence-corrected chi connectivity index (χ0v) is 7.52. The number of hydrogen-bond donors (Lipinski definition) is 1. The summed E-state index contributed by atoms with van der Waals surface area (Å²) in [4.78, 5) is 0. The van der Waals surface area contributed by atoms with Crippen LogP contribution in [0, 0.1) is 19.3 Å². The zero-order valence-electron chi connectivity index (χ0n) is 7.52. The van der Waals surface area contributed by atoms with Gasteiger partial charge in [-0.2, -0.15) is 0 Å². The summed E-state index contributed by atoms with van der Waals surface area (Å²) in [6.07, 6.45) is 3.17. The summed E-state index contributed by atoms with van der Waals surface area (Å²) in [7, 11) is 0. The summed E-state index contributed by atoms with van der Waals surface area (Å²) >= 11 is 0. The molecule has 1 N–H and O–H groups in total. The van der Waals surface area contributed by atoms with Crippen molar-refractivity contribution in [1.29, 1.82) is 5.41 Å². The Morgan fingerprint density at radius 3 is 2.50 bits per heavy atom. The van der Waals surface area contributed by atoms with Crippen LogP contribution in [0.3, 0.4) is 0 Å². The maximum absolute atomic E-state index is 7.25. The molecule has 1 heteroatoms. The first-order chi connectivity index (χ1) is 5.70. The van der Waals surface area contributed by atoms with E-state index in [1.54, 1.807) is 6.08 Å². The molecule has 1 aromatic carbocycles. The van der Waals surface area contributed by atoms with Crippen LogP contribution in [0.1, 0.15) is 22.3 Å². The van der Waals surface area contributed by atoms with Crippen LogP contribution in [-0.2, 0) is 0 Å². The van der Waals surface area contributed by atoms with Gasteiger partial charge < -0.3 is 5.41 Å². The fourth-order valence-corrected chi connectivity index (χ4v) is 1.23. The number of aryl methyl sites for hydroxylation is 1. The van der Waals surface area contributed by atoms with E-state index < -0.39 is 0 Å². The molecule has 1 nitrogen and oxygen atoms in total. The topological polar surface area (TPSA) is 23.9 Å². The van der Waals surface area contributed by atoms with Crippen molar-refractivity contribution in [3.63, 3.8) is 0 Å². The third-order valence-corrected chi connectivity index (χ3v) is 2.18. The van der Waals surface area contributed by atoms with Crippen LogP contribution in [0.2, 0.25) is 0 Å². The van der Waals surface area contributed by atoms with Gasteiger partial charge in [-0.15, -0.1) is 0 Å². The van der Waals surface area contributed by atoms with Crippen molar-refractivity contribution in [2.75, 3.05) is 0 Å². The Labute approximate surface area is 73.3 Å². The van der Waals surface area contributed by atoms with E-state index >= 15 is 0 Å². The van der Waals surface area contributed by atoms with Gasteiger partial charge in [0.05, 0.1) is 0 Å². The second kappa shape index (κ2) is 3.35. The molecule has 0 heterocycles. The van der Waals surface area contributed by atoms with Gasteiger partial charge in [0.1, 0.15) is 0 Å². The highest BCUT2D eigenvalue weighted by molar-refractivity contribution is 5.85. The highest BCUT2D eigenvalue weighted by Crippen LogP contribution is 2.16. The Morgan fingerprint density at radius 1 is 1.33 bits per heavy atom. The summed E-state index contributed by atoms with van der Waals surface area (Å²) in [6, 6.07) is 4.05. The SMILES string of the molecule is C=Cc1ccc(C)c(C)c1C=N. The minimum absolute atomic E-state index is 0.977. The summed E-state index contributed by atoms with van der Waals surface area (Å²) in [5.74, 6) is 0. The quantitative estimate of drug-likeness (QED) is 0.641. The van der Waals surface area contributed by atoms with Crippen molar-refractivity contribution in [3.05, 3.63) is 41.0 Å². The van der Waals surface area contributed by atoms with Crippen LogP contribution in [0.25, 0.3) is 6.08 Å². The van der Waals surface area contributed by atoms with Crippen LogP contribution in [-0.4, -0.2) is 6.21 Å². The summed E-state index contributed by atoms with van der Waals surface area (Å²) in [6.45, 7) is 7.79. The molecule has 1 rings (SSSR count). The molecule has 0 saturated carbocycles. The maximum Gasteiger partial charge on any atom is 0.0259 e. The second-order valence-corrected chi connectivity index (χ2v) is 2.86. The van der Waals surface area contributed by atoms with E-state index in [-0.39, 0.29) is 0 Å². The van der Waals surface area contributed by atoms with Crippen molar-refractivity contribution in [1.82, 2.24) is 0 Å². The molecule has 0 saturated heterocycles. The van der Waals surface area contributed by atoms with E-state index in [4.69, 9.17) is 5.41 Å². The third kappa shape index (κ3) is 1.30. The average molecular weight is 159 g/mol. The predicted molar refractivity (Wildman–Crippen MR) is 53.9 cm³/mol. The molecular formula is C11H13N. The van der Waals surface area contributed by atoms with Gasteiger partial charge in [0.2, 0.25) is 0 Å². The van der Waals surface area contributed by atoms with E-state index in [2.05, 4.69) is 19.6 Å². The molecule has 0 fully saturated rings. The molecule has 0 aliphatic carbocycles.